The van der Waals surface area contributed by atoms with Crippen molar-refractivity contribution in [3.05, 3.63) is 0 Å². The lowest BCUT2D eigenvalue weighted by atomic mass is 10.0. The van der Waals surface area contributed by atoms with Gasteiger partial charge in [-0.3, -0.25) is 0 Å². The Balaban J connectivity index is 1.95. The Morgan fingerprint density at radius 2 is 1.88 bits per heavy atom. The molecule has 0 bridgehead atoms. The van der Waals surface area contributed by atoms with Gasteiger partial charge in [-0.05, 0) is 64.2 Å². The van der Waals surface area contributed by atoms with E-state index in [9.17, 15) is 0 Å². The van der Waals surface area contributed by atoms with Crippen LogP contribution in [-0.2, 0) is 0 Å². The molecule has 1 saturated carbocycles. The van der Waals surface area contributed by atoms with E-state index < -0.39 is 0 Å². The van der Waals surface area contributed by atoms with Crippen LogP contribution in [0.1, 0.15) is 45.4 Å². The highest BCUT2D eigenvalue weighted by Crippen LogP contribution is 2.21. The fraction of sp³-hybridized carbons (Fsp3) is 1.00. The molecule has 0 radical (unpaired) electrons. The van der Waals surface area contributed by atoms with Gasteiger partial charge >= 0.3 is 0 Å². The van der Waals surface area contributed by atoms with E-state index >= 15 is 0 Å². The van der Waals surface area contributed by atoms with Crippen molar-refractivity contribution in [3.63, 3.8) is 0 Å². The van der Waals surface area contributed by atoms with E-state index in [0.29, 0.717) is 6.04 Å². The van der Waals surface area contributed by atoms with Gasteiger partial charge in [-0.2, -0.15) is 0 Å². The fourth-order valence-corrected chi connectivity index (χ4v) is 2.43. The van der Waals surface area contributed by atoms with Crippen LogP contribution in [0.25, 0.3) is 0 Å². The zero-order valence-electron chi connectivity index (χ0n) is 10.8. The lowest BCUT2D eigenvalue weighted by Crippen LogP contribution is -2.26. The molecule has 0 amide bonds. The normalized spacial score (nSPS) is 26.6. The summed E-state index contributed by atoms with van der Waals surface area (Å²) in [7, 11) is 0. The zero-order chi connectivity index (χ0) is 11.6. The Bertz CT molecular complexity index is 161. The van der Waals surface area contributed by atoms with Crippen molar-refractivity contribution in [2.24, 2.45) is 11.7 Å². The van der Waals surface area contributed by atoms with Gasteiger partial charge in [-0.15, -0.1) is 0 Å². The second-order valence-corrected chi connectivity index (χ2v) is 5.05. The van der Waals surface area contributed by atoms with Crippen molar-refractivity contribution in [1.29, 1.82) is 0 Å². The summed E-state index contributed by atoms with van der Waals surface area (Å²) in [5.41, 5.74) is 5.98. The van der Waals surface area contributed by atoms with Crippen LogP contribution in [0.3, 0.4) is 0 Å². The molecule has 0 aromatic heterocycles. The molecule has 0 saturated heterocycles. The SMILES string of the molecule is CCNCCCNCC1CCCC(N)CC1. The number of nitrogens with two attached hydrogens (primary N) is 1. The Labute approximate surface area is 101 Å². The molecule has 1 aliphatic carbocycles. The van der Waals surface area contributed by atoms with Crippen molar-refractivity contribution >= 4 is 0 Å². The molecule has 96 valence electrons. The molecule has 0 spiro atoms. The number of hydrogen-bond acceptors (Lipinski definition) is 3. The molecule has 4 N–H and O–H groups in total. The number of rotatable bonds is 7. The van der Waals surface area contributed by atoms with Gasteiger partial charge in [-0.1, -0.05) is 13.3 Å². The van der Waals surface area contributed by atoms with Crippen LogP contribution in [0.5, 0.6) is 0 Å². The Morgan fingerprint density at radius 3 is 2.69 bits per heavy atom. The predicted molar refractivity (Wildman–Crippen MR) is 70.6 cm³/mol. The predicted octanol–water partition coefficient (Wildman–Crippen LogP) is 1.48. The molecule has 2 atom stereocenters. The monoisotopic (exact) mass is 227 g/mol. The molecule has 0 aromatic carbocycles. The maximum Gasteiger partial charge on any atom is 0.00389 e. The van der Waals surface area contributed by atoms with E-state index in [2.05, 4.69) is 17.6 Å². The zero-order valence-corrected chi connectivity index (χ0v) is 10.8. The van der Waals surface area contributed by atoms with Crippen LogP contribution in [0.15, 0.2) is 0 Å². The average molecular weight is 227 g/mol. The molecule has 3 heteroatoms. The summed E-state index contributed by atoms with van der Waals surface area (Å²) < 4.78 is 0. The third-order valence-electron chi connectivity index (χ3n) is 3.52. The largest absolute Gasteiger partial charge is 0.328 e. The van der Waals surface area contributed by atoms with Gasteiger partial charge in [0.1, 0.15) is 0 Å². The van der Waals surface area contributed by atoms with Gasteiger partial charge in [-0.25, -0.2) is 0 Å². The molecule has 2 unspecified atom stereocenters. The molecular formula is C13H29N3. The van der Waals surface area contributed by atoms with E-state index in [4.69, 9.17) is 5.73 Å². The minimum Gasteiger partial charge on any atom is -0.328 e. The summed E-state index contributed by atoms with van der Waals surface area (Å²) in [5.74, 6) is 0.868. The van der Waals surface area contributed by atoms with Crippen LogP contribution in [0.4, 0.5) is 0 Å². The highest BCUT2D eigenvalue weighted by Gasteiger charge is 2.15. The van der Waals surface area contributed by atoms with Gasteiger partial charge in [0.25, 0.3) is 0 Å². The van der Waals surface area contributed by atoms with Gasteiger partial charge in [0.2, 0.25) is 0 Å². The minimum atomic E-state index is 0.471. The first-order chi connectivity index (χ1) is 7.83. The first-order valence-corrected chi connectivity index (χ1v) is 7.00. The first kappa shape index (κ1) is 13.9. The van der Waals surface area contributed by atoms with Crippen LogP contribution in [0.2, 0.25) is 0 Å². The minimum absolute atomic E-state index is 0.471. The van der Waals surface area contributed by atoms with Crippen LogP contribution >= 0.6 is 0 Å². The van der Waals surface area contributed by atoms with E-state index in [1.54, 1.807) is 0 Å². The summed E-state index contributed by atoms with van der Waals surface area (Å²) in [5, 5.41) is 6.92. The molecule has 3 nitrogen and oxygen atoms in total. The maximum atomic E-state index is 5.98. The number of nitrogens with one attached hydrogen (secondary N) is 2. The van der Waals surface area contributed by atoms with E-state index in [1.807, 2.05) is 0 Å². The molecule has 1 fully saturated rings. The van der Waals surface area contributed by atoms with Crippen LogP contribution in [-0.4, -0.2) is 32.2 Å². The molecule has 0 aromatic rings. The summed E-state index contributed by atoms with van der Waals surface area (Å²) in [6.45, 7) is 6.72. The van der Waals surface area contributed by atoms with Gasteiger partial charge in [0, 0.05) is 6.04 Å². The number of hydrogen-bond donors (Lipinski definition) is 3. The van der Waals surface area contributed by atoms with Crippen LogP contribution < -0.4 is 16.4 Å². The second-order valence-electron chi connectivity index (χ2n) is 5.05. The molecule has 16 heavy (non-hydrogen) atoms. The van der Waals surface area contributed by atoms with Crippen molar-refractivity contribution in [3.8, 4) is 0 Å². The molecule has 1 rings (SSSR count). The summed E-state index contributed by atoms with van der Waals surface area (Å²) in [4.78, 5) is 0. The Kier molecular flexibility index (Phi) is 7.81. The Morgan fingerprint density at radius 1 is 1.06 bits per heavy atom. The quantitative estimate of drug-likeness (QED) is 0.456. The molecule has 1 aliphatic rings. The Hall–Kier alpha value is -0.120. The molecular weight excluding hydrogens is 198 g/mol. The van der Waals surface area contributed by atoms with Crippen molar-refractivity contribution < 1.29 is 0 Å². The second kappa shape index (κ2) is 8.97. The van der Waals surface area contributed by atoms with E-state index in [0.717, 1.165) is 25.6 Å². The van der Waals surface area contributed by atoms with E-state index in [1.165, 1.54) is 45.1 Å². The third-order valence-corrected chi connectivity index (χ3v) is 3.52. The topological polar surface area (TPSA) is 50.1 Å². The van der Waals surface area contributed by atoms with Crippen molar-refractivity contribution in [2.45, 2.75) is 51.5 Å². The standard InChI is InChI=1S/C13H29N3/c1-2-15-9-4-10-16-11-12-5-3-6-13(14)8-7-12/h12-13,15-16H,2-11,14H2,1H3. The highest BCUT2D eigenvalue weighted by molar-refractivity contribution is 4.73. The van der Waals surface area contributed by atoms with Crippen molar-refractivity contribution in [2.75, 3.05) is 26.2 Å². The molecule has 0 heterocycles. The lowest BCUT2D eigenvalue weighted by Gasteiger charge is -2.15. The summed E-state index contributed by atoms with van der Waals surface area (Å²) in [6, 6.07) is 0.471. The van der Waals surface area contributed by atoms with Gasteiger partial charge in [0.15, 0.2) is 0 Å². The van der Waals surface area contributed by atoms with Gasteiger partial charge < -0.3 is 16.4 Å². The lowest BCUT2D eigenvalue weighted by molar-refractivity contribution is 0.420. The van der Waals surface area contributed by atoms with Crippen LogP contribution in [0, 0.1) is 5.92 Å². The first-order valence-electron chi connectivity index (χ1n) is 7.00. The third kappa shape index (κ3) is 6.46. The van der Waals surface area contributed by atoms with Gasteiger partial charge in [0.05, 0.1) is 0 Å². The smallest absolute Gasteiger partial charge is 0.00389 e. The highest BCUT2D eigenvalue weighted by atomic mass is 14.9. The maximum absolute atomic E-state index is 5.98. The summed E-state index contributed by atoms with van der Waals surface area (Å²) >= 11 is 0. The fourth-order valence-electron chi connectivity index (χ4n) is 2.43. The van der Waals surface area contributed by atoms with E-state index in [-0.39, 0.29) is 0 Å². The molecule has 0 aliphatic heterocycles. The average Bonchev–Trinajstić information content (AvgIpc) is 2.49. The van der Waals surface area contributed by atoms with Crippen molar-refractivity contribution in [1.82, 2.24) is 10.6 Å². The summed E-state index contributed by atoms with van der Waals surface area (Å²) in [6.07, 6.45) is 7.71.